The monoisotopic (exact) mass is 320 g/mol. The Balaban J connectivity index is 2.13. The van der Waals surface area contributed by atoms with Gasteiger partial charge in [-0.25, -0.2) is 0 Å². The zero-order chi connectivity index (χ0) is 16.9. The number of aliphatic hydroxyl groups excluding tert-OH is 1. The zero-order valence-corrected chi connectivity index (χ0v) is 14.0. The Morgan fingerprint density at radius 3 is 2.48 bits per heavy atom. The molecule has 23 heavy (non-hydrogen) atoms. The first kappa shape index (κ1) is 16.2. The minimum absolute atomic E-state index is 0.0313. The van der Waals surface area contributed by atoms with Crippen molar-refractivity contribution in [3.8, 4) is 5.75 Å². The van der Waals surface area contributed by atoms with Crippen LogP contribution < -0.4 is 4.74 Å². The highest BCUT2D eigenvalue weighted by molar-refractivity contribution is 5.48. The molecule has 1 fully saturated rings. The summed E-state index contributed by atoms with van der Waals surface area (Å²) >= 11 is 0. The normalized spacial score (nSPS) is 33.1. The third-order valence-corrected chi connectivity index (χ3v) is 5.25. The van der Waals surface area contributed by atoms with E-state index in [1.807, 2.05) is 13.8 Å². The maximum Gasteiger partial charge on any atom is 0.270 e. The molecule has 0 aromatic heterocycles. The van der Waals surface area contributed by atoms with Gasteiger partial charge in [-0.1, -0.05) is 0 Å². The molecule has 0 radical (unpaired) electrons. The molecular formula is C17H24N2O4. The van der Waals surface area contributed by atoms with Crippen LogP contribution in [0.2, 0.25) is 0 Å². The second kappa shape index (κ2) is 5.46. The summed E-state index contributed by atoms with van der Waals surface area (Å²) in [5.41, 5.74) is 0.00548. The number of nitrogens with zero attached hydrogens (tertiary/aromatic N) is 2. The van der Waals surface area contributed by atoms with E-state index in [2.05, 4.69) is 18.7 Å². The molecular weight excluding hydrogens is 296 g/mol. The van der Waals surface area contributed by atoms with E-state index in [0.717, 1.165) is 12.8 Å². The average Bonchev–Trinajstić information content (AvgIpc) is 2.79. The fourth-order valence-corrected chi connectivity index (χ4v) is 3.95. The van der Waals surface area contributed by atoms with Gasteiger partial charge >= 0.3 is 0 Å². The van der Waals surface area contributed by atoms with Crippen LogP contribution in [0.5, 0.6) is 5.75 Å². The van der Waals surface area contributed by atoms with E-state index in [0.29, 0.717) is 23.4 Å². The summed E-state index contributed by atoms with van der Waals surface area (Å²) in [5.74, 6) is 0.627. The molecule has 4 atom stereocenters. The number of likely N-dealkylation sites (tertiary alicyclic amines) is 1. The van der Waals surface area contributed by atoms with E-state index >= 15 is 0 Å². The first-order valence-corrected chi connectivity index (χ1v) is 8.15. The van der Waals surface area contributed by atoms with Gasteiger partial charge in [-0.2, -0.15) is 0 Å². The van der Waals surface area contributed by atoms with Gasteiger partial charge in [-0.3, -0.25) is 15.0 Å². The summed E-state index contributed by atoms with van der Waals surface area (Å²) < 4.78 is 5.93. The molecule has 0 spiro atoms. The minimum Gasteiger partial charge on any atom is -0.485 e. The van der Waals surface area contributed by atoms with Gasteiger partial charge in [-0.15, -0.1) is 0 Å². The minimum atomic E-state index is -0.750. The Labute approximate surface area is 136 Å². The Hall–Kier alpha value is -1.66. The van der Waals surface area contributed by atoms with Crippen molar-refractivity contribution in [2.24, 2.45) is 0 Å². The lowest BCUT2D eigenvalue weighted by atomic mass is 9.84. The molecule has 0 bridgehead atoms. The number of nitro groups is 1. The molecule has 1 saturated heterocycles. The van der Waals surface area contributed by atoms with E-state index in [1.165, 1.54) is 6.07 Å². The summed E-state index contributed by atoms with van der Waals surface area (Å²) in [6.45, 7) is 8.02. The molecule has 6 nitrogen and oxygen atoms in total. The van der Waals surface area contributed by atoms with Gasteiger partial charge in [0.25, 0.3) is 5.69 Å². The first-order valence-electron chi connectivity index (χ1n) is 8.15. The number of rotatable bonds is 2. The number of benzene rings is 1. The number of hydrogen-bond donors (Lipinski definition) is 1. The Bertz CT molecular complexity index is 621. The topological polar surface area (TPSA) is 75.8 Å². The molecule has 1 aromatic rings. The second-order valence-corrected chi connectivity index (χ2v) is 7.30. The lowest BCUT2D eigenvalue weighted by molar-refractivity contribution is -0.385. The molecule has 0 saturated carbocycles. The van der Waals surface area contributed by atoms with Gasteiger partial charge in [0.15, 0.2) is 0 Å². The summed E-state index contributed by atoms with van der Waals surface area (Å²) in [5, 5.41) is 22.1. The van der Waals surface area contributed by atoms with Gasteiger partial charge in [0.1, 0.15) is 17.5 Å². The highest BCUT2D eigenvalue weighted by Crippen LogP contribution is 2.47. The predicted octanol–water partition coefficient (Wildman–Crippen LogP) is 3.04. The maximum absolute atomic E-state index is 11.1. The Morgan fingerprint density at radius 2 is 1.91 bits per heavy atom. The number of nitro benzene ring substituents is 1. The SMILES string of the molecule is CC1CCC(C)N1C1c2cc([N+](=O)[O-])ccc2OC(C)(C)C1O. The van der Waals surface area contributed by atoms with Crippen LogP contribution in [-0.2, 0) is 0 Å². The van der Waals surface area contributed by atoms with Crippen molar-refractivity contribution in [1.29, 1.82) is 0 Å². The van der Waals surface area contributed by atoms with Crippen LogP contribution in [-0.4, -0.2) is 38.7 Å². The average molecular weight is 320 g/mol. The van der Waals surface area contributed by atoms with Crippen molar-refractivity contribution in [1.82, 2.24) is 4.90 Å². The zero-order valence-electron chi connectivity index (χ0n) is 14.0. The lowest BCUT2D eigenvalue weighted by Gasteiger charge is -2.47. The van der Waals surface area contributed by atoms with Crippen molar-refractivity contribution in [3.05, 3.63) is 33.9 Å². The van der Waals surface area contributed by atoms with Crippen LogP contribution in [0.1, 0.15) is 52.1 Å². The van der Waals surface area contributed by atoms with Crippen molar-refractivity contribution in [3.63, 3.8) is 0 Å². The third-order valence-electron chi connectivity index (χ3n) is 5.25. The number of hydrogen-bond acceptors (Lipinski definition) is 5. The molecule has 1 N–H and O–H groups in total. The standard InChI is InChI=1S/C17H24N2O4/c1-10-5-6-11(2)18(10)15-13-9-12(19(21)22)7-8-14(13)23-17(3,4)16(15)20/h7-11,15-16,20H,5-6H2,1-4H3. The number of non-ortho nitro benzene ring substituents is 1. The van der Waals surface area contributed by atoms with Crippen LogP contribution in [0.3, 0.4) is 0 Å². The smallest absolute Gasteiger partial charge is 0.270 e. The molecule has 6 heteroatoms. The fourth-order valence-electron chi connectivity index (χ4n) is 3.95. The van der Waals surface area contributed by atoms with Crippen LogP contribution in [0.25, 0.3) is 0 Å². The van der Waals surface area contributed by atoms with E-state index in [-0.39, 0.29) is 11.7 Å². The van der Waals surface area contributed by atoms with Crippen molar-refractivity contribution in [2.75, 3.05) is 0 Å². The molecule has 126 valence electrons. The summed E-state index contributed by atoms with van der Waals surface area (Å²) in [6.07, 6.45) is 1.38. The van der Waals surface area contributed by atoms with Crippen LogP contribution in [0, 0.1) is 10.1 Å². The van der Waals surface area contributed by atoms with Crippen molar-refractivity contribution < 1.29 is 14.8 Å². The lowest BCUT2D eigenvalue weighted by Crippen LogP contribution is -2.55. The van der Waals surface area contributed by atoms with E-state index in [4.69, 9.17) is 4.74 Å². The largest absolute Gasteiger partial charge is 0.485 e. The highest BCUT2D eigenvalue weighted by Gasteiger charge is 2.49. The molecule has 2 aliphatic rings. The molecule has 4 unspecified atom stereocenters. The van der Waals surface area contributed by atoms with Crippen LogP contribution >= 0.6 is 0 Å². The Kier molecular flexibility index (Phi) is 3.84. The third kappa shape index (κ3) is 2.60. The van der Waals surface area contributed by atoms with Gasteiger partial charge in [0.05, 0.1) is 11.0 Å². The number of ether oxygens (including phenoxy) is 1. The molecule has 2 heterocycles. The number of fused-ring (bicyclic) bond motifs is 1. The van der Waals surface area contributed by atoms with Gasteiger partial charge in [0.2, 0.25) is 0 Å². The first-order chi connectivity index (χ1) is 10.7. The van der Waals surface area contributed by atoms with E-state index in [9.17, 15) is 15.2 Å². The summed E-state index contributed by atoms with van der Waals surface area (Å²) in [6, 6.07) is 5.02. The summed E-state index contributed by atoms with van der Waals surface area (Å²) in [7, 11) is 0. The molecule has 3 rings (SSSR count). The molecule has 1 aromatic carbocycles. The van der Waals surface area contributed by atoms with Crippen molar-refractivity contribution in [2.45, 2.75) is 70.4 Å². The molecule has 0 aliphatic carbocycles. The second-order valence-electron chi connectivity index (χ2n) is 7.30. The fraction of sp³-hybridized carbons (Fsp3) is 0.647. The van der Waals surface area contributed by atoms with Gasteiger partial charge in [-0.05, 0) is 46.6 Å². The van der Waals surface area contributed by atoms with Gasteiger partial charge in [0, 0.05) is 29.8 Å². The maximum atomic E-state index is 11.1. The predicted molar refractivity (Wildman–Crippen MR) is 86.5 cm³/mol. The van der Waals surface area contributed by atoms with Crippen LogP contribution in [0.4, 0.5) is 5.69 Å². The highest BCUT2D eigenvalue weighted by atomic mass is 16.6. The summed E-state index contributed by atoms with van der Waals surface area (Å²) in [4.78, 5) is 13.0. The Morgan fingerprint density at radius 1 is 1.30 bits per heavy atom. The van der Waals surface area contributed by atoms with Crippen molar-refractivity contribution >= 4 is 5.69 Å². The van der Waals surface area contributed by atoms with E-state index in [1.54, 1.807) is 12.1 Å². The molecule has 2 aliphatic heterocycles. The number of aliphatic hydroxyl groups is 1. The van der Waals surface area contributed by atoms with Gasteiger partial charge < -0.3 is 9.84 Å². The van der Waals surface area contributed by atoms with E-state index < -0.39 is 16.6 Å². The molecule has 0 amide bonds. The van der Waals surface area contributed by atoms with Crippen LogP contribution in [0.15, 0.2) is 18.2 Å². The quantitative estimate of drug-likeness (QED) is 0.669.